The molecule has 158 valence electrons. The fourth-order valence-corrected chi connectivity index (χ4v) is 3.92. The Morgan fingerprint density at radius 2 is 0.875 bits per heavy atom. The molecule has 0 fully saturated rings. The molecule has 4 nitrogen and oxygen atoms in total. The first kappa shape index (κ1) is 20.0. The van der Waals surface area contributed by atoms with Crippen LogP contribution in [0.5, 0.6) is 0 Å². The van der Waals surface area contributed by atoms with Gasteiger partial charge in [0.25, 0.3) is 0 Å². The van der Waals surface area contributed by atoms with Gasteiger partial charge in [-0.2, -0.15) is 10.2 Å². The van der Waals surface area contributed by atoms with E-state index in [4.69, 9.17) is 0 Å². The summed E-state index contributed by atoms with van der Waals surface area (Å²) in [6, 6.07) is 33.8. The molecule has 0 radical (unpaired) electrons. The molecular formula is C28H26N4. The second-order valence-corrected chi connectivity index (χ2v) is 8.11. The first-order chi connectivity index (χ1) is 15.8. The Bertz CT molecular complexity index is 1150. The molecule has 3 aromatic carbocycles. The topological polar surface area (TPSA) is 57.4 Å². The lowest BCUT2D eigenvalue weighted by molar-refractivity contribution is 0.881. The van der Waals surface area contributed by atoms with Crippen LogP contribution in [-0.4, -0.2) is 20.4 Å². The molecule has 0 atom stereocenters. The van der Waals surface area contributed by atoms with Gasteiger partial charge in [-0.05, 0) is 48.9 Å². The van der Waals surface area contributed by atoms with Crippen LogP contribution in [0.15, 0.2) is 97.1 Å². The molecule has 0 aliphatic rings. The normalized spacial score (nSPS) is 11.0. The average molecular weight is 419 g/mol. The van der Waals surface area contributed by atoms with E-state index in [0.29, 0.717) is 0 Å². The van der Waals surface area contributed by atoms with Gasteiger partial charge in [0.15, 0.2) is 0 Å². The van der Waals surface area contributed by atoms with Crippen molar-refractivity contribution in [3.63, 3.8) is 0 Å². The van der Waals surface area contributed by atoms with E-state index in [1.807, 2.05) is 36.4 Å². The van der Waals surface area contributed by atoms with Gasteiger partial charge in [0.1, 0.15) is 0 Å². The summed E-state index contributed by atoms with van der Waals surface area (Å²) in [5.41, 5.74) is 9.33. The van der Waals surface area contributed by atoms with E-state index in [2.05, 4.69) is 81.1 Å². The fraction of sp³-hybridized carbons (Fsp3) is 0.143. The van der Waals surface area contributed by atoms with Crippen molar-refractivity contribution in [2.45, 2.75) is 25.7 Å². The number of rotatable bonds is 8. The fourth-order valence-electron chi connectivity index (χ4n) is 3.92. The third kappa shape index (κ3) is 4.86. The van der Waals surface area contributed by atoms with Gasteiger partial charge in [-0.3, -0.25) is 10.2 Å². The quantitative estimate of drug-likeness (QED) is 0.323. The minimum Gasteiger partial charge on any atom is -0.282 e. The van der Waals surface area contributed by atoms with Gasteiger partial charge in [0.2, 0.25) is 0 Å². The van der Waals surface area contributed by atoms with E-state index in [1.165, 1.54) is 22.5 Å². The summed E-state index contributed by atoms with van der Waals surface area (Å²) < 4.78 is 0. The standard InChI is InChI=1S/C28H26N4/c1-3-7-23(8-4-1)27-19-25(29-31-27)17-15-21-11-13-22(14-12-21)16-18-26-20-28(32-30-26)24-9-5-2-6-10-24/h1-14,19-20H,15-18H2,(H,29,31)(H,30,32). The van der Waals surface area contributed by atoms with Crippen LogP contribution in [0.1, 0.15) is 22.5 Å². The molecule has 5 rings (SSSR count). The SMILES string of the molecule is c1ccc(-c2cc(CCc3ccc(CCc4cc(-c5ccccc5)n[nH]4)cc3)[nH]n2)cc1. The van der Waals surface area contributed by atoms with Crippen molar-refractivity contribution in [3.05, 3.63) is 120 Å². The molecule has 2 aromatic heterocycles. The number of aryl methyl sites for hydroxylation is 4. The van der Waals surface area contributed by atoms with Crippen molar-refractivity contribution in [1.29, 1.82) is 0 Å². The third-order valence-corrected chi connectivity index (χ3v) is 5.79. The zero-order valence-corrected chi connectivity index (χ0v) is 18.0. The molecule has 0 saturated heterocycles. The molecule has 2 heterocycles. The number of benzene rings is 3. The molecule has 32 heavy (non-hydrogen) atoms. The van der Waals surface area contributed by atoms with Gasteiger partial charge in [0, 0.05) is 22.5 Å². The number of hydrogen-bond acceptors (Lipinski definition) is 2. The molecule has 0 saturated carbocycles. The van der Waals surface area contributed by atoms with E-state index in [-0.39, 0.29) is 0 Å². The predicted octanol–water partition coefficient (Wildman–Crippen LogP) is 6.04. The van der Waals surface area contributed by atoms with Crippen molar-refractivity contribution in [2.75, 3.05) is 0 Å². The van der Waals surface area contributed by atoms with Gasteiger partial charge in [-0.25, -0.2) is 0 Å². The molecule has 4 heteroatoms. The molecule has 2 N–H and O–H groups in total. The number of aromatic nitrogens is 4. The highest BCUT2D eigenvalue weighted by Crippen LogP contribution is 2.19. The van der Waals surface area contributed by atoms with Crippen LogP contribution in [0, 0.1) is 0 Å². The molecule has 0 aliphatic carbocycles. The second-order valence-electron chi connectivity index (χ2n) is 8.11. The number of hydrogen-bond donors (Lipinski definition) is 2. The highest BCUT2D eigenvalue weighted by Gasteiger charge is 2.06. The average Bonchev–Trinajstić information content (AvgIpc) is 3.53. The predicted molar refractivity (Wildman–Crippen MR) is 129 cm³/mol. The lowest BCUT2D eigenvalue weighted by atomic mass is 10.0. The van der Waals surface area contributed by atoms with Crippen LogP contribution in [0.25, 0.3) is 22.5 Å². The maximum Gasteiger partial charge on any atom is 0.0923 e. The maximum atomic E-state index is 4.45. The van der Waals surface area contributed by atoms with Crippen molar-refractivity contribution in [3.8, 4) is 22.5 Å². The molecule has 5 aromatic rings. The van der Waals surface area contributed by atoms with Crippen LogP contribution >= 0.6 is 0 Å². The van der Waals surface area contributed by atoms with Gasteiger partial charge in [-0.1, -0.05) is 84.9 Å². The van der Waals surface area contributed by atoms with Crippen LogP contribution in [0.3, 0.4) is 0 Å². The summed E-state index contributed by atoms with van der Waals surface area (Å²) in [7, 11) is 0. The summed E-state index contributed by atoms with van der Waals surface area (Å²) in [4.78, 5) is 0. The molecule has 0 spiro atoms. The zero-order chi connectivity index (χ0) is 21.6. The Morgan fingerprint density at radius 1 is 0.469 bits per heavy atom. The minimum atomic E-state index is 0.954. The van der Waals surface area contributed by atoms with Gasteiger partial charge >= 0.3 is 0 Å². The van der Waals surface area contributed by atoms with Crippen molar-refractivity contribution in [1.82, 2.24) is 20.4 Å². The van der Waals surface area contributed by atoms with E-state index in [1.54, 1.807) is 0 Å². The third-order valence-electron chi connectivity index (χ3n) is 5.79. The lowest BCUT2D eigenvalue weighted by Crippen LogP contribution is -1.94. The van der Waals surface area contributed by atoms with E-state index in [0.717, 1.165) is 48.2 Å². The lowest BCUT2D eigenvalue weighted by Gasteiger charge is -2.03. The Kier molecular flexibility index (Phi) is 5.93. The summed E-state index contributed by atoms with van der Waals surface area (Å²) >= 11 is 0. The molecular weight excluding hydrogens is 392 g/mol. The summed E-state index contributed by atoms with van der Waals surface area (Å²) in [6.07, 6.45) is 3.90. The highest BCUT2D eigenvalue weighted by atomic mass is 15.1. The Labute approximate surface area is 188 Å². The Hall–Kier alpha value is -3.92. The van der Waals surface area contributed by atoms with Crippen molar-refractivity contribution < 1.29 is 0 Å². The number of aromatic amines is 2. The summed E-state index contributed by atoms with van der Waals surface area (Å²) in [5, 5.41) is 15.3. The second kappa shape index (κ2) is 9.48. The van der Waals surface area contributed by atoms with Crippen molar-refractivity contribution >= 4 is 0 Å². The van der Waals surface area contributed by atoms with Crippen molar-refractivity contribution in [2.24, 2.45) is 0 Å². The first-order valence-corrected chi connectivity index (χ1v) is 11.1. The van der Waals surface area contributed by atoms with E-state index >= 15 is 0 Å². The number of nitrogens with zero attached hydrogens (tertiary/aromatic N) is 2. The maximum absolute atomic E-state index is 4.45. The minimum absolute atomic E-state index is 0.954. The molecule has 0 aliphatic heterocycles. The summed E-state index contributed by atoms with van der Waals surface area (Å²) in [5.74, 6) is 0. The largest absolute Gasteiger partial charge is 0.282 e. The van der Waals surface area contributed by atoms with Crippen LogP contribution in [-0.2, 0) is 25.7 Å². The summed E-state index contributed by atoms with van der Waals surface area (Å²) in [6.45, 7) is 0. The number of nitrogens with one attached hydrogen (secondary N) is 2. The Morgan fingerprint density at radius 3 is 1.28 bits per heavy atom. The zero-order valence-electron chi connectivity index (χ0n) is 18.0. The van der Waals surface area contributed by atoms with E-state index < -0.39 is 0 Å². The van der Waals surface area contributed by atoms with Crippen LogP contribution < -0.4 is 0 Å². The smallest absolute Gasteiger partial charge is 0.0923 e. The van der Waals surface area contributed by atoms with E-state index in [9.17, 15) is 0 Å². The molecule has 0 bridgehead atoms. The number of H-pyrrole nitrogens is 2. The molecule has 0 unspecified atom stereocenters. The monoisotopic (exact) mass is 418 g/mol. The molecule has 0 amide bonds. The van der Waals surface area contributed by atoms with Crippen LogP contribution in [0.4, 0.5) is 0 Å². The van der Waals surface area contributed by atoms with Gasteiger partial charge in [-0.15, -0.1) is 0 Å². The Balaban J connectivity index is 1.13. The van der Waals surface area contributed by atoms with Gasteiger partial charge in [0.05, 0.1) is 11.4 Å². The van der Waals surface area contributed by atoms with Gasteiger partial charge < -0.3 is 0 Å². The first-order valence-electron chi connectivity index (χ1n) is 11.1. The highest BCUT2D eigenvalue weighted by molar-refractivity contribution is 5.59. The van der Waals surface area contributed by atoms with Crippen LogP contribution in [0.2, 0.25) is 0 Å².